The van der Waals surface area contributed by atoms with Crippen molar-refractivity contribution in [2.45, 2.75) is 25.7 Å². The van der Waals surface area contributed by atoms with E-state index in [1.807, 2.05) is 0 Å². The van der Waals surface area contributed by atoms with E-state index in [0.717, 1.165) is 12.3 Å². The van der Waals surface area contributed by atoms with E-state index >= 15 is 0 Å². The van der Waals surface area contributed by atoms with Crippen LogP contribution in [0.5, 0.6) is 0 Å². The largest absolute Gasteiger partial charge is 0.151 e. The van der Waals surface area contributed by atoms with Gasteiger partial charge in [-0.1, -0.05) is 24.4 Å². The van der Waals surface area contributed by atoms with Gasteiger partial charge in [0.1, 0.15) is 0 Å². The smallest absolute Gasteiger partial charge is 0.0813 e. The van der Waals surface area contributed by atoms with E-state index in [0.29, 0.717) is 6.54 Å². The first-order chi connectivity index (χ1) is 3.93. The lowest BCUT2D eigenvalue weighted by atomic mass is 9.83. The maximum atomic E-state index is 9.60. The van der Waals surface area contributed by atoms with E-state index in [9.17, 15) is 4.91 Å². The van der Waals surface area contributed by atoms with Crippen molar-refractivity contribution in [2.75, 3.05) is 6.54 Å². The molecule has 8 heavy (non-hydrogen) atoms. The van der Waals surface area contributed by atoms with Gasteiger partial charge in [0, 0.05) is 0 Å². The zero-order valence-corrected chi connectivity index (χ0v) is 4.97. The Balaban J connectivity index is 1.93. The van der Waals surface area contributed by atoms with Crippen molar-refractivity contribution < 1.29 is 0 Å². The Kier molecular flexibility index (Phi) is 2.00. The minimum absolute atomic E-state index is 0.532. The summed E-state index contributed by atoms with van der Waals surface area (Å²) < 4.78 is 0. The molecule has 0 N–H and O–H groups in total. The van der Waals surface area contributed by atoms with Gasteiger partial charge < -0.3 is 0 Å². The zero-order valence-electron chi connectivity index (χ0n) is 4.97. The highest BCUT2D eigenvalue weighted by Crippen LogP contribution is 2.28. The quantitative estimate of drug-likeness (QED) is 0.514. The van der Waals surface area contributed by atoms with Crippen molar-refractivity contribution in [3.8, 4) is 0 Å². The molecule has 2 nitrogen and oxygen atoms in total. The van der Waals surface area contributed by atoms with Gasteiger partial charge in [-0.25, -0.2) is 0 Å². The van der Waals surface area contributed by atoms with Crippen LogP contribution in [0.2, 0.25) is 0 Å². The van der Waals surface area contributed by atoms with Gasteiger partial charge >= 0.3 is 0 Å². The van der Waals surface area contributed by atoms with Crippen LogP contribution in [0.4, 0.5) is 0 Å². The van der Waals surface area contributed by atoms with Gasteiger partial charge in [-0.15, -0.1) is 0 Å². The highest BCUT2D eigenvalue weighted by molar-refractivity contribution is 4.69. The van der Waals surface area contributed by atoms with Crippen molar-refractivity contribution in [3.05, 3.63) is 4.91 Å². The molecule has 1 saturated carbocycles. The highest BCUT2D eigenvalue weighted by atomic mass is 16.3. The Bertz CT molecular complexity index is 78.6. The van der Waals surface area contributed by atoms with Crippen LogP contribution in [-0.2, 0) is 0 Å². The fourth-order valence-electron chi connectivity index (χ4n) is 1.02. The number of nitrogens with zero attached hydrogens (tertiary/aromatic N) is 1. The summed E-state index contributed by atoms with van der Waals surface area (Å²) in [6.45, 7) is 0.532. The SMILES string of the molecule is O=NCCC1CCC1. The van der Waals surface area contributed by atoms with E-state index in [1.54, 1.807) is 0 Å². The lowest BCUT2D eigenvalue weighted by Crippen LogP contribution is -2.11. The predicted molar refractivity (Wildman–Crippen MR) is 32.6 cm³/mol. The van der Waals surface area contributed by atoms with Crippen molar-refractivity contribution in [3.63, 3.8) is 0 Å². The van der Waals surface area contributed by atoms with E-state index in [2.05, 4.69) is 5.18 Å². The Morgan fingerprint density at radius 1 is 1.50 bits per heavy atom. The van der Waals surface area contributed by atoms with Crippen LogP contribution in [-0.4, -0.2) is 6.54 Å². The Labute approximate surface area is 49.3 Å². The molecule has 0 atom stereocenters. The van der Waals surface area contributed by atoms with Crippen LogP contribution in [0, 0.1) is 10.8 Å². The summed E-state index contributed by atoms with van der Waals surface area (Å²) >= 11 is 0. The topological polar surface area (TPSA) is 29.4 Å². The molecule has 2 heteroatoms. The molecule has 1 fully saturated rings. The molecule has 0 aromatic carbocycles. The minimum Gasteiger partial charge on any atom is -0.151 e. The molecule has 0 heterocycles. The molecule has 1 aliphatic rings. The first-order valence-corrected chi connectivity index (χ1v) is 3.22. The molecule has 0 unspecified atom stereocenters. The average Bonchev–Trinajstić information content (AvgIpc) is 1.63. The van der Waals surface area contributed by atoms with Gasteiger partial charge in [0.15, 0.2) is 0 Å². The minimum atomic E-state index is 0.532. The summed E-state index contributed by atoms with van der Waals surface area (Å²) in [5.41, 5.74) is 0. The number of nitroso groups, excluding NO2 is 1. The second kappa shape index (κ2) is 2.80. The zero-order chi connectivity index (χ0) is 5.82. The van der Waals surface area contributed by atoms with Gasteiger partial charge in [0.2, 0.25) is 0 Å². The monoisotopic (exact) mass is 113 g/mol. The Morgan fingerprint density at radius 3 is 2.62 bits per heavy atom. The molecule has 0 aromatic rings. The van der Waals surface area contributed by atoms with Crippen LogP contribution < -0.4 is 0 Å². The van der Waals surface area contributed by atoms with Gasteiger partial charge in [0.05, 0.1) is 6.54 Å². The molecular weight excluding hydrogens is 102 g/mol. The molecule has 0 saturated heterocycles. The summed E-state index contributed by atoms with van der Waals surface area (Å²) in [7, 11) is 0. The van der Waals surface area contributed by atoms with Gasteiger partial charge in [-0.3, -0.25) is 0 Å². The van der Waals surface area contributed by atoms with Gasteiger partial charge in [0.25, 0.3) is 0 Å². The standard InChI is InChI=1S/C6H11NO/c8-7-5-4-6-2-1-3-6/h6H,1-5H2. The molecule has 46 valence electrons. The second-order valence-corrected chi connectivity index (χ2v) is 2.44. The Morgan fingerprint density at radius 2 is 2.25 bits per heavy atom. The maximum Gasteiger partial charge on any atom is 0.0813 e. The molecule has 0 aromatic heterocycles. The van der Waals surface area contributed by atoms with Crippen molar-refractivity contribution in [1.82, 2.24) is 0 Å². The fourth-order valence-corrected chi connectivity index (χ4v) is 1.02. The molecule has 0 bridgehead atoms. The summed E-state index contributed by atoms with van der Waals surface area (Å²) in [6, 6.07) is 0. The average molecular weight is 113 g/mol. The Hall–Kier alpha value is -0.400. The fraction of sp³-hybridized carbons (Fsp3) is 1.00. The first kappa shape index (κ1) is 5.73. The van der Waals surface area contributed by atoms with E-state index in [-0.39, 0.29) is 0 Å². The normalized spacial score (nSPS) is 20.0. The molecule has 0 amide bonds. The van der Waals surface area contributed by atoms with Gasteiger partial charge in [-0.2, -0.15) is 4.91 Å². The molecule has 0 aliphatic heterocycles. The van der Waals surface area contributed by atoms with Crippen molar-refractivity contribution in [1.29, 1.82) is 0 Å². The lowest BCUT2D eigenvalue weighted by Gasteiger charge is -2.23. The third-order valence-corrected chi connectivity index (χ3v) is 1.85. The number of hydrogen-bond donors (Lipinski definition) is 0. The van der Waals surface area contributed by atoms with Crippen LogP contribution >= 0.6 is 0 Å². The summed E-state index contributed by atoms with van der Waals surface area (Å²) in [4.78, 5) is 9.60. The maximum absolute atomic E-state index is 9.60. The second-order valence-electron chi connectivity index (χ2n) is 2.44. The third-order valence-electron chi connectivity index (χ3n) is 1.85. The van der Waals surface area contributed by atoms with E-state index in [1.165, 1.54) is 19.3 Å². The molecule has 0 spiro atoms. The first-order valence-electron chi connectivity index (χ1n) is 3.22. The number of hydrogen-bond acceptors (Lipinski definition) is 2. The van der Waals surface area contributed by atoms with Crippen molar-refractivity contribution in [2.24, 2.45) is 11.1 Å². The molecule has 0 radical (unpaired) electrons. The van der Waals surface area contributed by atoms with Crippen LogP contribution in [0.25, 0.3) is 0 Å². The van der Waals surface area contributed by atoms with Gasteiger partial charge in [-0.05, 0) is 12.3 Å². The van der Waals surface area contributed by atoms with Crippen LogP contribution in [0.3, 0.4) is 0 Å². The van der Waals surface area contributed by atoms with E-state index in [4.69, 9.17) is 0 Å². The van der Waals surface area contributed by atoms with Crippen LogP contribution in [0.1, 0.15) is 25.7 Å². The highest BCUT2D eigenvalue weighted by Gasteiger charge is 2.16. The van der Waals surface area contributed by atoms with Crippen molar-refractivity contribution >= 4 is 0 Å². The lowest BCUT2D eigenvalue weighted by molar-refractivity contribution is 0.300. The molecular formula is C6H11NO. The summed E-state index contributed by atoms with van der Waals surface area (Å²) in [5, 5.41) is 2.81. The number of rotatable bonds is 3. The third kappa shape index (κ3) is 1.29. The molecule has 1 rings (SSSR count). The summed E-state index contributed by atoms with van der Waals surface area (Å²) in [5.74, 6) is 0.840. The molecule has 1 aliphatic carbocycles. The predicted octanol–water partition coefficient (Wildman–Crippen LogP) is 1.94. The van der Waals surface area contributed by atoms with Crippen LogP contribution in [0.15, 0.2) is 5.18 Å². The summed E-state index contributed by atoms with van der Waals surface area (Å²) in [6.07, 6.45) is 5.05. The van der Waals surface area contributed by atoms with E-state index < -0.39 is 0 Å².